The SMILES string of the molecule is CNC(=O)C1=Cc2ccc(NC(=O)CN3CCN(c4ccccc4)CC3)cc2C1. The Bertz CT molecular complexity index is 931. The predicted molar refractivity (Wildman–Crippen MR) is 116 cm³/mol. The number of benzene rings is 2. The van der Waals surface area contributed by atoms with Gasteiger partial charge in [-0.25, -0.2) is 0 Å². The van der Waals surface area contributed by atoms with Crippen LogP contribution < -0.4 is 15.5 Å². The molecule has 6 nitrogen and oxygen atoms in total. The van der Waals surface area contributed by atoms with E-state index < -0.39 is 0 Å². The van der Waals surface area contributed by atoms with E-state index in [1.807, 2.05) is 30.3 Å². The lowest BCUT2D eigenvalue weighted by Gasteiger charge is -2.35. The second-order valence-electron chi connectivity index (χ2n) is 7.49. The molecule has 2 amide bonds. The van der Waals surface area contributed by atoms with Crippen LogP contribution in [0.25, 0.3) is 6.08 Å². The smallest absolute Gasteiger partial charge is 0.247 e. The Balaban J connectivity index is 1.28. The number of carbonyl (C=O) groups excluding carboxylic acids is 2. The first kappa shape index (κ1) is 19.2. The largest absolute Gasteiger partial charge is 0.369 e. The van der Waals surface area contributed by atoms with E-state index in [9.17, 15) is 9.59 Å². The molecule has 0 radical (unpaired) electrons. The first-order chi connectivity index (χ1) is 14.1. The molecule has 2 N–H and O–H groups in total. The van der Waals surface area contributed by atoms with Crippen LogP contribution in [-0.4, -0.2) is 56.5 Å². The Kier molecular flexibility index (Phi) is 5.62. The second-order valence-corrected chi connectivity index (χ2v) is 7.49. The molecule has 4 rings (SSSR count). The van der Waals surface area contributed by atoms with Crippen LogP contribution in [0.3, 0.4) is 0 Å². The highest BCUT2D eigenvalue weighted by Crippen LogP contribution is 2.27. The number of fused-ring (bicyclic) bond motifs is 1. The maximum absolute atomic E-state index is 12.5. The van der Waals surface area contributed by atoms with E-state index in [1.165, 1.54) is 5.69 Å². The van der Waals surface area contributed by atoms with Gasteiger partial charge in [-0.3, -0.25) is 14.5 Å². The first-order valence-corrected chi connectivity index (χ1v) is 10.00. The van der Waals surface area contributed by atoms with E-state index in [2.05, 4.69) is 44.7 Å². The summed E-state index contributed by atoms with van der Waals surface area (Å²) in [6, 6.07) is 16.2. The highest BCUT2D eigenvalue weighted by atomic mass is 16.2. The zero-order valence-electron chi connectivity index (χ0n) is 16.6. The molecule has 2 aromatic carbocycles. The van der Waals surface area contributed by atoms with Crippen LogP contribution in [0, 0.1) is 0 Å². The third-order valence-electron chi connectivity index (χ3n) is 5.52. The Morgan fingerprint density at radius 3 is 2.48 bits per heavy atom. The molecular formula is C23H26N4O2. The van der Waals surface area contributed by atoms with Crippen LogP contribution in [0.1, 0.15) is 11.1 Å². The lowest BCUT2D eigenvalue weighted by atomic mass is 10.1. The summed E-state index contributed by atoms with van der Waals surface area (Å²) in [4.78, 5) is 28.9. The van der Waals surface area contributed by atoms with E-state index in [0.717, 1.165) is 48.6 Å². The number of amides is 2. The number of anilines is 2. The van der Waals surface area contributed by atoms with E-state index in [1.54, 1.807) is 7.05 Å². The Morgan fingerprint density at radius 2 is 1.76 bits per heavy atom. The number of nitrogens with zero attached hydrogens (tertiary/aromatic N) is 2. The summed E-state index contributed by atoms with van der Waals surface area (Å²) in [7, 11) is 1.64. The maximum atomic E-state index is 12.5. The van der Waals surface area contributed by atoms with Gasteiger partial charge in [0.15, 0.2) is 0 Å². The molecule has 1 saturated heterocycles. The summed E-state index contributed by atoms with van der Waals surface area (Å²) in [5, 5.41) is 5.66. The molecule has 29 heavy (non-hydrogen) atoms. The monoisotopic (exact) mass is 390 g/mol. The molecule has 2 aromatic rings. The van der Waals surface area contributed by atoms with Crippen LogP contribution in [0.4, 0.5) is 11.4 Å². The number of hydrogen-bond donors (Lipinski definition) is 2. The van der Waals surface area contributed by atoms with Crippen molar-refractivity contribution in [1.29, 1.82) is 0 Å². The Hall–Kier alpha value is -3.12. The van der Waals surface area contributed by atoms with E-state index >= 15 is 0 Å². The van der Waals surface area contributed by atoms with Crippen LogP contribution in [-0.2, 0) is 16.0 Å². The van der Waals surface area contributed by atoms with Crippen molar-refractivity contribution in [2.45, 2.75) is 6.42 Å². The third kappa shape index (κ3) is 4.49. The fourth-order valence-corrected chi connectivity index (χ4v) is 3.93. The van der Waals surface area contributed by atoms with Crippen LogP contribution in [0.15, 0.2) is 54.1 Å². The molecule has 0 saturated carbocycles. The molecule has 0 bridgehead atoms. The number of hydrogen-bond acceptors (Lipinski definition) is 4. The average Bonchev–Trinajstić information content (AvgIpc) is 3.18. The minimum Gasteiger partial charge on any atom is -0.369 e. The van der Waals surface area contributed by atoms with Gasteiger partial charge >= 0.3 is 0 Å². The molecule has 0 spiro atoms. The summed E-state index contributed by atoms with van der Waals surface area (Å²) in [6.07, 6.45) is 2.51. The highest BCUT2D eigenvalue weighted by Gasteiger charge is 2.20. The van der Waals surface area contributed by atoms with Gasteiger partial charge in [0.25, 0.3) is 0 Å². The summed E-state index contributed by atoms with van der Waals surface area (Å²) < 4.78 is 0. The lowest BCUT2D eigenvalue weighted by Crippen LogP contribution is -2.48. The highest BCUT2D eigenvalue weighted by molar-refractivity contribution is 6.00. The molecule has 0 atom stereocenters. The number of para-hydroxylation sites is 1. The first-order valence-electron chi connectivity index (χ1n) is 10.00. The van der Waals surface area contributed by atoms with Gasteiger partial charge < -0.3 is 15.5 Å². The Labute approximate surface area is 171 Å². The third-order valence-corrected chi connectivity index (χ3v) is 5.52. The Morgan fingerprint density at radius 1 is 1.00 bits per heavy atom. The standard InChI is InChI=1S/C23H26N4O2/c1-24-23(29)19-13-17-7-8-20(15-18(17)14-19)25-22(28)16-26-9-11-27(12-10-26)21-5-3-2-4-6-21/h2-8,13,15H,9-12,14,16H2,1H3,(H,24,29)(H,25,28). The van der Waals surface area contributed by atoms with E-state index in [0.29, 0.717) is 13.0 Å². The van der Waals surface area contributed by atoms with Crippen molar-refractivity contribution in [3.63, 3.8) is 0 Å². The molecule has 0 unspecified atom stereocenters. The van der Waals surface area contributed by atoms with Crippen molar-refractivity contribution in [1.82, 2.24) is 10.2 Å². The molecule has 1 fully saturated rings. The van der Waals surface area contributed by atoms with Crippen molar-refractivity contribution < 1.29 is 9.59 Å². The summed E-state index contributed by atoms with van der Waals surface area (Å²) >= 11 is 0. The summed E-state index contributed by atoms with van der Waals surface area (Å²) in [5.74, 6) is -0.0583. The lowest BCUT2D eigenvalue weighted by molar-refractivity contribution is -0.118. The summed E-state index contributed by atoms with van der Waals surface area (Å²) in [5.41, 5.74) is 4.88. The minimum atomic E-state index is -0.0542. The van der Waals surface area contributed by atoms with E-state index in [4.69, 9.17) is 0 Å². The van der Waals surface area contributed by atoms with Gasteiger partial charge in [0.1, 0.15) is 0 Å². The molecule has 1 aliphatic carbocycles. The molecule has 2 aliphatic rings. The van der Waals surface area contributed by atoms with Crippen molar-refractivity contribution in [3.05, 3.63) is 65.2 Å². The van der Waals surface area contributed by atoms with Gasteiger partial charge in [0, 0.05) is 56.6 Å². The van der Waals surface area contributed by atoms with Crippen LogP contribution in [0.2, 0.25) is 0 Å². The van der Waals surface area contributed by atoms with Crippen molar-refractivity contribution in [3.8, 4) is 0 Å². The number of carbonyl (C=O) groups is 2. The molecular weight excluding hydrogens is 364 g/mol. The van der Waals surface area contributed by atoms with Crippen molar-refractivity contribution in [2.24, 2.45) is 0 Å². The second kappa shape index (κ2) is 8.49. The minimum absolute atomic E-state index is 0.00408. The van der Waals surface area contributed by atoms with Gasteiger partial charge in [0.2, 0.25) is 11.8 Å². The number of nitrogens with one attached hydrogen (secondary N) is 2. The van der Waals surface area contributed by atoms with Gasteiger partial charge in [0.05, 0.1) is 6.54 Å². The van der Waals surface area contributed by atoms with E-state index in [-0.39, 0.29) is 11.8 Å². The normalized spacial score (nSPS) is 16.2. The molecule has 1 heterocycles. The predicted octanol–water partition coefficient (Wildman–Crippen LogP) is 2.13. The van der Waals surface area contributed by atoms with Crippen molar-refractivity contribution >= 4 is 29.3 Å². The fourth-order valence-electron chi connectivity index (χ4n) is 3.93. The van der Waals surface area contributed by atoms with Gasteiger partial charge in [-0.05, 0) is 41.5 Å². The average molecular weight is 390 g/mol. The quantitative estimate of drug-likeness (QED) is 0.821. The number of likely N-dealkylation sites (N-methyl/N-ethyl adjacent to an activating group) is 1. The molecule has 0 aromatic heterocycles. The molecule has 6 heteroatoms. The van der Waals surface area contributed by atoms with Crippen LogP contribution in [0.5, 0.6) is 0 Å². The molecule has 1 aliphatic heterocycles. The van der Waals surface area contributed by atoms with Crippen molar-refractivity contribution in [2.75, 3.05) is 50.0 Å². The zero-order chi connectivity index (χ0) is 20.2. The zero-order valence-corrected chi connectivity index (χ0v) is 16.6. The number of piperazine rings is 1. The van der Waals surface area contributed by atoms with Gasteiger partial charge in [-0.15, -0.1) is 0 Å². The maximum Gasteiger partial charge on any atom is 0.247 e. The number of rotatable bonds is 5. The van der Waals surface area contributed by atoms with Crippen LogP contribution >= 0.6 is 0 Å². The van der Waals surface area contributed by atoms with Gasteiger partial charge in [-0.2, -0.15) is 0 Å². The topological polar surface area (TPSA) is 64.7 Å². The summed E-state index contributed by atoms with van der Waals surface area (Å²) in [6.45, 7) is 3.97. The molecule has 150 valence electrons. The van der Waals surface area contributed by atoms with Gasteiger partial charge in [-0.1, -0.05) is 24.3 Å². The fraction of sp³-hybridized carbons (Fsp3) is 0.304.